The van der Waals surface area contributed by atoms with E-state index in [0.717, 1.165) is 30.7 Å². The second-order valence-corrected chi connectivity index (χ2v) is 4.78. The van der Waals surface area contributed by atoms with Crippen molar-refractivity contribution in [1.82, 2.24) is 14.3 Å². The fourth-order valence-corrected chi connectivity index (χ4v) is 2.85. The number of aromatic nitrogens is 2. The molecule has 3 rings (SSSR count). The summed E-state index contributed by atoms with van der Waals surface area (Å²) in [4.78, 5) is 17.8. The SMILES string of the molecule is CCN1CCCC1c1ncc2cc(C=O)ccn12. The Bertz CT molecular complexity index is 575. The van der Waals surface area contributed by atoms with Gasteiger partial charge in [0.25, 0.3) is 0 Å². The molecule has 4 heteroatoms. The summed E-state index contributed by atoms with van der Waals surface area (Å²) in [6, 6.07) is 4.14. The van der Waals surface area contributed by atoms with Crippen LogP contribution in [0.1, 0.15) is 42.0 Å². The van der Waals surface area contributed by atoms with E-state index in [2.05, 4.69) is 21.2 Å². The normalized spacial score (nSPS) is 20.6. The summed E-state index contributed by atoms with van der Waals surface area (Å²) in [6.45, 7) is 4.41. The maximum absolute atomic E-state index is 10.8. The Morgan fingerprint density at radius 1 is 1.56 bits per heavy atom. The zero-order chi connectivity index (χ0) is 12.5. The molecule has 1 aliphatic rings. The molecule has 0 bridgehead atoms. The molecule has 4 nitrogen and oxygen atoms in total. The van der Waals surface area contributed by atoms with Gasteiger partial charge in [-0.05, 0) is 38.1 Å². The van der Waals surface area contributed by atoms with Gasteiger partial charge in [-0.2, -0.15) is 0 Å². The highest BCUT2D eigenvalue weighted by Crippen LogP contribution is 2.31. The van der Waals surface area contributed by atoms with E-state index in [0.29, 0.717) is 11.6 Å². The van der Waals surface area contributed by atoms with Crippen LogP contribution in [0.25, 0.3) is 5.52 Å². The molecule has 0 N–H and O–H groups in total. The Hall–Kier alpha value is -1.68. The number of fused-ring (bicyclic) bond motifs is 1. The summed E-state index contributed by atoms with van der Waals surface area (Å²) in [5, 5.41) is 0. The van der Waals surface area contributed by atoms with Gasteiger partial charge >= 0.3 is 0 Å². The molecule has 1 fully saturated rings. The van der Waals surface area contributed by atoms with E-state index in [9.17, 15) is 4.79 Å². The number of hydrogen-bond donors (Lipinski definition) is 0. The Balaban J connectivity index is 2.04. The van der Waals surface area contributed by atoms with Crippen LogP contribution in [-0.2, 0) is 0 Å². The first-order valence-corrected chi connectivity index (χ1v) is 6.49. The molecule has 0 saturated carbocycles. The Morgan fingerprint density at radius 3 is 3.22 bits per heavy atom. The highest BCUT2D eigenvalue weighted by Gasteiger charge is 2.27. The minimum Gasteiger partial charge on any atom is -0.302 e. The van der Waals surface area contributed by atoms with Gasteiger partial charge in [0.15, 0.2) is 0 Å². The lowest BCUT2D eigenvalue weighted by molar-refractivity contribution is 0.112. The lowest BCUT2D eigenvalue weighted by Gasteiger charge is -2.21. The van der Waals surface area contributed by atoms with Gasteiger partial charge in [0, 0.05) is 11.8 Å². The molecule has 0 amide bonds. The zero-order valence-corrected chi connectivity index (χ0v) is 10.5. The van der Waals surface area contributed by atoms with Gasteiger partial charge in [-0.15, -0.1) is 0 Å². The summed E-state index contributed by atoms with van der Waals surface area (Å²) in [6.07, 6.45) is 7.09. The highest BCUT2D eigenvalue weighted by molar-refractivity contribution is 5.77. The standard InChI is InChI=1S/C14H17N3O/c1-2-16-6-3-4-13(16)14-15-9-12-8-11(10-18)5-7-17(12)14/h5,7-10,13H,2-4,6H2,1H3. The van der Waals surface area contributed by atoms with Crippen LogP contribution in [0, 0.1) is 0 Å². The molecular weight excluding hydrogens is 226 g/mol. The van der Waals surface area contributed by atoms with Gasteiger partial charge < -0.3 is 4.40 Å². The minimum atomic E-state index is 0.416. The minimum absolute atomic E-state index is 0.416. The van der Waals surface area contributed by atoms with E-state index in [-0.39, 0.29) is 0 Å². The van der Waals surface area contributed by atoms with Gasteiger partial charge in [-0.1, -0.05) is 6.92 Å². The number of carbonyl (C=O) groups is 1. The zero-order valence-electron chi connectivity index (χ0n) is 10.5. The molecule has 2 aromatic rings. The van der Waals surface area contributed by atoms with Crippen LogP contribution < -0.4 is 0 Å². The van der Waals surface area contributed by atoms with Crippen LogP contribution >= 0.6 is 0 Å². The third-order valence-electron chi connectivity index (χ3n) is 3.79. The lowest BCUT2D eigenvalue weighted by atomic mass is 10.2. The molecule has 3 heterocycles. The molecule has 0 aliphatic carbocycles. The second kappa shape index (κ2) is 4.53. The quantitative estimate of drug-likeness (QED) is 0.776. The molecule has 0 radical (unpaired) electrons. The van der Waals surface area contributed by atoms with Crippen LogP contribution in [0.5, 0.6) is 0 Å². The molecule has 18 heavy (non-hydrogen) atoms. The van der Waals surface area contributed by atoms with E-state index in [4.69, 9.17) is 0 Å². The van der Waals surface area contributed by atoms with Crippen LogP contribution in [-0.4, -0.2) is 33.7 Å². The second-order valence-electron chi connectivity index (χ2n) is 4.78. The van der Waals surface area contributed by atoms with Crippen molar-refractivity contribution in [3.63, 3.8) is 0 Å². The number of pyridine rings is 1. The molecular formula is C14H17N3O. The van der Waals surface area contributed by atoms with Crippen molar-refractivity contribution in [2.24, 2.45) is 0 Å². The third-order valence-corrected chi connectivity index (χ3v) is 3.79. The van der Waals surface area contributed by atoms with Crippen molar-refractivity contribution in [2.45, 2.75) is 25.8 Å². The fraction of sp³-hybridized carbons (Fsp3) is 0.429. The average Bonchev–Trinajstić information content (AvgIpc) is 3.03. The van der Waals surface area contributed by atoms with Crippen LogP contribution in [0.4, 0.5) is 0 Å². The van der Waals surface area contributed by atoms with Crippen LogP contribution in [0.15, 0.2) is 24.5 Å². The number of imidazole rings is 1. The topological polar surface area (TPSA) is 37.6 Å². The van der Waals surface area contributed by atoms with Crippen molar-refractivity contribution < 1.29 is 4.79 Å². The molecule has 0 aromatic carbocycles. The number of carbonyl (C=O) groups excluding carboxylic acids is 1. The van der Waals surface area contributed by atoms with E-state index >= 15 is 0 Å². The Kier molecular flexibility index (Phi) is 2.88. The fourth-order valence-electron chi connectivity index (χ4n) is 2.85. The van der Waals surface area contributed by atoms with E-state index in [1.54, 1.807) is 0 Å². The summed E-state index contributed by atoms with van der Waals surface area (Å²) >= 11 is 0. The summed E-state index contributed by atoms with van der Waals surface area (Å²) in [5.41, 5.74) is 1.70. The van der Waals surface area contributed by atoms with Crippen molar-refractivity contribution >= 4 is 11.8 Å². The number of nitrogens with zero attached hydrogens (tertiary/aromatic N) is 3. The third kappa shape index (κ3) is 1.73. The van der Waals surface area contributed by atoms with Crippen LogP contribution in [0.3, 0.4) is 0 Å². The largest absolute Gasteiger partial charge is 0.302 e. The van der Waals surface area contributed by atoms with Gasteiger partial charge in [-0.25, -0.2) is 4.98 Å². The number of rotatable bonds is 3. The average molecular weight is 243 g/mol. The Morgan fingerprint density at radius 2 is 2.44 bits per heavy atom. The highest BCUT2D eigenvalue weighted by atomic mass is 16.1. The number of hydrogen-bond acceptors (Lipinski definition) is 3. The summed E-state index contributed by atoms with van der Waals surface area (Å²) < 4.78 is 2.10. The maximum atomic E-state index is 10.8. The van der Waals surface area contributed by atoms with Crippen molar-refractivity contribution in [3.05, 3.63) is 35.9 Å². The first-order chi connectivity index (χ1) is 8.83. The monoisotopic (exact) mass is 243 g/mol. The molecule has 1 unspecified atom stereocenters. The molecule has 0 spiro atoms. The van der Waals surface area contributed by atoms with Crippen molar-refractivity contribution in [1.29, 1.82) is 0 Å². The van der Waals surface area contributed by atoms with E-state index in [1.807, 2.05) is 24.5 Å². The molecule has 1 aliphatic heterocycles. The van der Waals surface area contributed by atoms with Gasteiger partial charge in [-0.3, -0.25) is 9.69 Å². The number of aldehydes is 1. The Labute approximate surface area is 106 Å². The molecule has 1 saturated heterocycles. The van der Waals surface area contributed by atoms with Crippen molar-refractivity contribution in [2.75, 3.05) is 13.1 Å². The van der Waals surface area contributed by atoms with Crippen LogP contribution in [0.2, 0.25) is 0 Å². The van der Waals surface area contributed by atoms with Gasteiger partial charge in [0.1, 0.15) is 12.1 Å². The maximum Gasteiger partial charge on any atom is 0.150 e. The van der Waals surface area contributed by atoms with E-state index < -0.39 is 0 Å². The smallest absolute Gasteiger partial charge is 0.150 e. The molecule has 2 aromatic heterocycles. The summed E-state index contributed by atoms with van der Waals surface area (Å²) in [5.74, 6) is 1.10. The first kappa shape index (κ1) is 11.4. The van der Waals surface area contributed by atoms with Gasteiger partial charge in [0.05, 0.1) is 17.8 Å². The predicted molar refractivity (Wildman–Crippen MR) is 69.8 cm³/mol. The van der Waals surface area contributed by atoms with Gasteiger partial charge in [0.2, 0.25) is 0 Å². The van der Waals surface area contributed by atoms with E-state index in [1.165, 1.54) is 12.8 Å². The van der Waals surface area contributed by atoms with Crippen molar-refractivity contribution in [3.8, 4) is 0 Å². The number of likely N-dealkylation sites (tertiary alicyclic amines) is 1. The lowest BCUT2D eigenvalue weighted by Crippen LogP contribution is -2.24. The first-order valence-electron chi connectivity index (χ1n) is 6.49. The molecule has 94 valence electrons. The molecule has 1 atom stereocenters. The predicted octanol–water partition coefficient (Wildman–Crippen LogP) is 2.30. The summed E-state index contributed by atoms with van der Waals surface area (Å²) in [7, 11) is 0.